The van der Waals surface area contributed by atoms with Crippen molar-refractivity contribution in [2.45, 2.75) is 30.9 Å². The monoisotopic (exact) mass is 181 g/mol. The van der Waals surface area contributed by atoms with Crippen LogP contribution in [0.15, 0.2) is 23.1 Å². The second-order valence-electron chi connectivity index (χ2n) is 3.21. The molecule has 0 aliphatic heterocycles. The van der Waals surface area contributed by atoms with E-state index in [0.717, 1.165) is 5.69 Å². The van der Waals surface area contributed by atoms with Crippen molar-refractivity contribution >= 4 is 17.4 Å². The Labute approximate surface area is 78.4 Å². The molecule has 1 nitrogen and oxygen atoms in total. The van der Waals surface area contributed by atoms with E-state index in [1.54, 1.807) is 0 Å². The fourth-order valence-corrected chi connectivity index (χ4v) is 1.96. The van der Waals surface area contributed by atoms with Crippen molar-refractivity contribution in [3.63, 3.8) is 0 Å². The largest absolute Gasteiger partial charge is 0.398 e. The summed E-state index contributed by atoms with van der Waals surface area (Å²) in [5.41, 5.74) is 7.98. The van der Waals surface area contributed by atoms with Crippen LogP contribution in [0, 0.1) is 6.92 Å². The fourth-order valence-electron chi connectivity index (χ4n) is 0.998. The number of aryl methyl sites for hydroxylation is 1. The van der Waals surface area contributed by atoms with Gasteiger partial charge in [0.25, 0.3) is 0 Å². The molecule has 0 heterocycles. The van der Waals surface area contributed by atoms with Gasteiger partial charge >= 0.3 is 0 Å². The van der Waals surface area contributed by atoms with E-state index < -0.39 is 0 Å². The highest BCUT2D eigenvalue weighted by Crippen LogP contribution is 2.28. The third-order valence-electron chi connectivity index (χ3n) is 1.53. The van der Waals surface area contributed by atoms with Gasteiger partial charge in [-0.2, -0.15) is 0 Å². The number of anilines is 1. The molecule has 1 aromatic carbocycles. The summed E-state index contributed by atoms with van der Waals surface area (Å²) in [6.07, 6.45) is 0. The maximum absolute atomic E-state index is 5.82. The molecular weight excluding hydrogens is 166 g/mol. The topological polar surface area (TPSA) is 26.0 Å². The molecule has 0 atom stereocenters. The molecule has 0 aromatic heterocycles. The zero-order valence-corrected chi connectivity index (χ0v) is 8.61. The lowest BCUT2D eigenvalue weighted by atomic mass is 10.2. The molecule has 66 valence electrons. The van der Waals surface area contributed by atoms with Crippen molar-refractivity contribution in [1.29, 1.82) is 0 Å². The third kappa shape index (κ3) is 2.45. The molecule has 1 aromatic rings. The summed E-state index contributed by atoms with van der Waals surface area (Å²) in [6.45, 7) is 6.43. The first-order valence-corrected chi connectivity index (χ1v) is 5.00. The molecule has 0 aliphatic rings. The number of hydrogen-bond donors (Lipinski definition) is 1. The van der Waals surface area contributed by atoms with E-state index in [-0.39, 0.29) is 0 Å². The van der Waals surface area contributed by atoms with Crippen molar-refractivity contribution in [2.75, 3.05) is 5.73 Å². The molecule has 12 heavy (non-hydrogen) atoms. The predicted molar refractivity (Wildman–Crippen MR) is 56.6 cm³/mol. The van der Waals surface area contributed by atoms with E-state index in [9.17, 15) is 0 Å². The van der Waals surface area contributed by atoms with Crippen molar-refractivity contribution in [1.82, 2.24) is 0 Å². The van der Waals surface area contributed by atoms with Crippen LogP contribution in [0.1, 0.15) is 19.4 Å². The van der Waals surface area contributed by atoms with Gasteiger partial charge in [-0.3, -0.25) is 0 Å². The number of benzene rings is 1. The summed E-state index contributed by atoms with van der Waals surface area (Å²) in [4.78, 5) is 1.20. The molecule has 0 aliphatic carbocycles. The van der Waals surface area contributed by atoms with Crippen molar-refractivity contribution < 1.29 is 0 Å². The summed E-state index contributed by atoms with van der Waals surface area (Å²) in [7, 11) is 0. The molecule has 1 rings (SSSR count). The molecule has 0 fully saturated rings. The molecule has 2 N–H and O–H groups in total. The Balaban J connectivity index is 2.90. The molecule has 0 bridgehead atoms. The first kappa shape index (κ1) is 9.46. The third-order valence-corrected chi connectivity index (χ3v) is 2.61. The number of thioether (sulfide) groups is 1. The number of rotatable bonds is 2. The van der Waals surface area contributed by atoms with Crippen LogP contribution in [0.25, 0.3) is 0 Å². The average molecular weight is 181 g/mol. The standard InChI is InChI=1S/C10H15NS/c1-7(2)12-10-6-8(3)4-5-9(10)11/h4-7H,11H2,1-3H3. The first-order valence-electron chi connectivity index (χ1n) is 4.12. The molecule has 0 spiro atoms. The van der Waals surface area contributed by atoms with Gasteiger partial charge in [-0.1, -0.05) is 19.9 Å². The molecule has 2 heteroatoms. The van der Waals surface area contributed by atoms with Gasteiger partial charge in [0, 0.05) is 15.8 Å². The summed E-state index contributed by atoms with van der Waals surface area (Å²) < 4.78 is 0. The van der Waals surface area contributed by atoms with Gasteiger partial charge in [0.15, 0.2) is 0 Å². The Morgan fingerprint density at radius 2 is 2.00 bits per heavy atom. The van der Waals surface area contributed by atoms with E-state index in [4.69, 9.17) is 5.73 Å². The minimum Gasteiger partial charge on any atom is -0.398 e. The van der Waals surface area contributed by atoms with Crippen LogP contribution in [0.2, 0.25) is 0 Å². The van der Waals surface area contributed by atoms with Crippen LogP contribution in [0.3, 0.4) is 0 Å². The molecule has 0 saturated heterocycles. The van der Waals surface area contributed by atoms with Crippen LogP contribution in [-0.2, 0) is 0 Å². The van der Waals surface area contributed by atoms with Crippen molar-refractivity contribution in [2.24, 2.45) is 0 Å². The normalized spacial score (nSPS) is 10.7. The molecule has 0 amide bonds. The van der Waals surface area contributed by atoms with Crippen LogP contribution in [-0.4, -0.2) is 5.25 Å². The zero-order valence-electron chi connectivity index (χ0n) is 7.79. The fraction of sp³-hybridized carbons (Fsp3) is 0.400. The average Bonchev–Trinajstić information content (AvgIpc) is 1.96. The lowest BCUT2D eigenvalue weighted by molar-refractivity contribution is 1.11. The molecule has 0 saturated carbocycles. The quantitative estimate of drug-likeness (QED) is 0.560. The Bertz CT molecular complexity index is 269. The smallest absolute Gasteiger partial charge is 0.0452 e. The summed E-state index contributed by atoms with van der Waals surface area (Å²) in [6, 6.07) is 6.15. The first-order chi connectivity index (χ1) is 5.59. The Morgan fingerprint density at radius 3 is 2.58 bits per heavy atom. The van der Waals surface area contributed by atoms with Crippen LogP contribution < -0.4 is 5.73 Å². The Hall–Kier alpha value is -0.630. The van der Waals surface area contributed by atoms with E-state index in [2.05, 4.69) is 26.8 Å². The number of nitrogen functional groups attached to an aromatic ring is 1. The van der Waals surface area contributed by atoms with E-state index in [1.807, 2.05) is 23.9 Å². The van der Waals surface area contributed by atoms with Crippen molar-refractivity contribution in [3.8, 4) is 0 Å². The van der Waals surface area contributed by atoms with Gasteiger partial charge in [-0.25, -0.2) is 0 Å². The van der Waals surface area contributed by atoms with Crippen molar-refractivity contribution in [3.05, 3.63) is 23.8 Å². The summed E-state index contributed by atoms with van der Waals surface area (Å²) in [5, 5.41) is 0.592. The highest BCUT2D eigenvalue weighted by molar-refractivity contribution is 8.00. The van der Waals surface area contributed by atoms with E-state index in [1.165, 1.54) is 10.5 Å². The van der Waals surface area contributed by atoms with E-state index >= 15 is 0 Å². The maximum atomic E-state index is 5.82. The Morgan fingerprint density at radius 1 is 1.33 bits per heavy atom. The van der Waals surface area contributed by atoms with Gasteiger partial charge < -0.3 is 5.73 Å². The van der Waals surface area contributed by atoms with Crippen LogP contribution in [0.4, 0.5) is 5.69 Å². The number of nitrogens with two attached hydrogens (primary N) is 1. The minimum atomic E-state index is 0.592. The molecule has 0 radical (unpaired) electrons. The predicted octanol–water partition coefficient (Wildman–Crippen LogP) is 3.08. The molecule has 0 unspecified atom stereocenters. The van der Waals surface area contributed by atoms with Gasteiger partial charge in [0.1, 0.15) is 0 Å². The minimum absolute atomic E-state index is 0.592. The number of hydrogen-bond acceptors (Lipinski definition) is 2. The van der Waals surface area contributed by atoms with Gasteiger partial charge in [0.05, 0.1) is 0 Å². The van der Waals surface area contributed by atoms with E-state index in [0.29, 0.717) is 5.25 Å². The zero-order chi connectivity index (χ0) is 9.14. The highest BCUT2D eigenvalue weighted by atomic mass is 32.2. The van der Waals surface area contributed by atoms with Gasteiger partial charge in [-0.05, 0) is 24.6 Å². The second kappa shape index (κ2) is 3.85. The Kier molecular flexibility index (Phi) is 3.04. The second-order valence-corrected chi connectivity index (χ2v) is 4.83. The summed E-state index contributed by atoms with van der Waals surface area (Å²) in [5.74, 6) is 0. The highest BCUT2D eigenvalue weighted by Gasteiger charge is 2.02. The SMILES string of the molecule is Cc1ccc(N)c(SC(C)C)c1. The molecular formula is C10H15NS. The lowest BCUT2D eigenvalue weighted by Gasteiger charge is -2.08. The van der Waals surface area contributed by atoms with Crippen LogP contribution >= 0.6 is 11.8 Å². The lowest BCUT2D eigenvalue weighted by Crippen LogP contribution is -1.92. The van der Waals surface area contributed by atoms with Crippen LogP contribution in [0.5, 0.6) is 0 Å². The summed E-state index contributed by atoms with van der Waals surface area (Å²) >= 11 is 1.81. The maximum Gasteiger partial charge on any atom is 0.0452 e. The van der Waals surface area contributed by atoms with Gasteiger partial charge in [0.2, 0.25) is 0 Å². The van der Waals surface area contributed by atoms with Gasteiger partial charge in [-0.15, -0.1) is 11.8 Å².